The first-order valence-electron chi connectivity index (χ1n) is 9.68. The van der Waals surface area contributed by atoms with E-state index in [-0.39, 0.29) is 29.4 Å². The van der Waals surface area contributed by atoms with Gasteiger partial charge in [-0.2, -0.15) is 17.5 Å². The van der Waals surface area contributed by atoms with Gasteiger partial charge in [0.1, 0.15) is 12.3 Å². The minimum atomic E-state index is -4.56. The third kappa shape index (κ3) is 6.57. The summed E-state index contributed by atoms with van der Waals surface area (Å²) in [5.74, 6) is -0.925. The molecule has 0 spiro atoms. The molecule has 0 saturated carbocycles. The Kier molecular flexibility index (Phi) is 8.07. The Morgan fingerprint density at radius 1 is 1.16 bits per heavy atom. The van der Waals surface area contributed by atoms with Gasteiger partial charge in [0.15, 0.2) is 6.61 Å². The van der Waals surface area contributed by atoms with Crippen LogP contribution in [0.3, 0.4) is 0 Å². The third-order valence-corrected chi connectivity index (χ3v) is 6.45. The highest BCUT2D eigenvalue weighted by Crippen LogP contribution is 2.28. The van der Waals surface area contributed by atoms with Gasteiger partial charge in [-0.15, -0.1) is 0 Å². The number of carbonyl (C=O) groups excluding carboxylic acids is 1. The van der Waals surface area contributed by atoms with E-state index < -0.39 is 40.8 Å². The summed E-state index contributed by atoms with van der Waals surface area (Å²) in [6, 6.07) is 6.48. The van der Waals surface area contributed by atoms with E-state index in [1.807, 2.05) is 0 Å². The van der Waals surface area contributed by atoms with Crippen molar-refractivity contribution in [2.24, 2.45) is 0 Å². The van der Waals surface area contributed by atoms with Crippen molar-refractivity contribution >= 4 is 21.6 Å². The lowest BCUT2D eigenvalue weighted by atomic mass is 10.2. The molecule has 176 valence electrons. The highest BCUT2D eigenvalue weighted by atomic mass is 32.2. The van der Waals surface area contributed by atoms with E-state index in [9.17, 15) is 31.2 Å². The van der Waals surface area contributed by atoms with Crippen LogP contribution < -0.4 is 15.6 Å². The summed E-state index contributed by atoms with van der Waals surface area (Å²) in [5, 5.41) is 2.40. The normalized spacial score (nSPS) is 12.1. The number of sulfonamides is 1. The second-order valence-electron chi connectivity index (χ2n) is 6.87. The van der Waals surface area contributed by atoms with Crippen LogP contribution in [-0.2, 0) is 21.4 Å². The van der Waals surface area contributed by atoms with Crippen molar-refractivity contribution in [3.63, 3.8) is 0 Å². The van der Waals surface area contributed by atoms with Gasteiger partial charge in [-0.3, -0.25) is 9.59 Å². The summed E-state index contributed by atoms with van der Waals surface area (Å²) in [7, 11) is -3.85. The lowest BCUT2D eigenvalue weighted by molar-refractivity contribution is -0.153. The van der Waals surface area contributed by atoms with Crippen LogP contribution in [0, 0.1) is 6.92 Å². The number of carbonyl (C=O) groups is 1. The monoisotopic (exact) mass is 475 g/mol. The van der Waals surface area contributed by atoms with E-state index in [0.717, 1.165) is 22.9 Å². The minimum Gasteiger partial charge on any atom is -0.482 e. The van der Waals surface area contributed by atoms with Crippen molar-refractivity contribution in [1.29, 1.82) is 0 Å². The molecule has 8 nitrogen and oxygen atoms in total. The first kappa shape index (κ1) is 25.4. The molecule has 1 N–H and O–H groups in total. The molecule has 2 rings (SSSR count). The molecule has 0 unspecified atom stereocenters. The average molecular weight is 475 g/mol. The molecular formula is C20H24F3N3O5S. The maximum atomic E-state index is 12.7. The van der Waals surface area contributed by atoms with Crippen molar-refractivity contribution in [3.05, 3.63) is 52.4 Å². The molecule has 2 aromatic rings. The number of nitrogens with one attached hydrogen (secondary N) is 1. The predicted octanol–water partition coefficient (Wildman–Crippen LogP) is 2.77. The van der Waals surface area contributed by atoms with E-state index in [1.54, 1.807) is 26.8 Å². The molecular weight excluding hydrogens is 451 g/mol. The molecule has 1 aromatic heterocycles. The number of rotatable bonds is 9. The number of hydrogen-bond donors (Lipinski definition) is 1. The Bertz CT molecular complexity index is 1130. The predicted molar refractivity (Wildman–Crippen MR) is 112 cm³/mol. The first-order chi connectivity index (χ1) is 14.9. The highest BCUT2D eigenvalue weighted by molar-refractivity contribution is 7.89. The fourth-order valence-corrected chi connectivity index (χ4v) is 4.33. The Balaban J connectivity index is 2.25. The molecule has 0 fully saturated rings. The quantitative estimate of drug-likeness (QED) is 0.602. The van der Waals surface area contributed by atoms with E-state index in [0.29, 0.717) is 5.56 Å². The Morgan fingerprint density at radius 2 is 1.81 bits per heavy atom. The maximum absolute atomic E-state index is 12.7. The van der Waals surface area contributed by atoms with Gasteiger partial charge in [-0.25, -0.2) is 8.42 Å². The number of amides is 1. The number of nitrogens with zero attached hydrogens (tertiary/aromatic N) is 2. The number of aromatic nitrogens is 1. The molecule has 0 atom stereocenters. The van der Waals surface area contributed by atoms with Crippen LogP contribution >= 0.6 is 0 Å². The van der Waals surface area contributed by atoms with Gasteiger partial charge in [0.25, 0.3) is 5.56 Å². The van der Waals surface area contributed by atoms with Crippen LogP contribution in [0.5, 0.6) is 5.75 Å². The molecule has 32 heavy (non-hydrogen) atoms. The first-order valence-corrected chi connectivity index (χ1v) is 11.1. The topological polar surface area (TPSA) is 97.7 Å². The van der Waals surface area contributed by atoms with Gasteiger partial charge < -0.3 is 14.6 Å². The molecule has 12 heteroatoms. The van der Waals surface area contributed by atoms with E-state index in [2.05, 4.69) is 5.32 Å². The lowest BCUT2D eigenvalue weighted by Gasteiger charge is -2.19. The SMILES string of the molecule is CCN(CC)S(=O)(=O)c1ccc(=O)n(CC(=O)Nc2ccc(C)cc2OCC(F)(F)F)c1. The van der Waals surface area contributed by atoms with Crippen molar-refractivity contribution in [2.45, 2.75) is 38.4 Å². The number of alkyl halides is 3. The Morgan fingerprint density at radius 3 is 2.41 bits per heavy atom. The van der Waals surface area contributed by atoms with E-state index >= 15 is 0 Å². The summed E-state index contributed by atoms with van der Waals surface area (Å²) >= 11 is 0. The number of halogens is 3. The zero-order valence-electron chi connectivity index (χ0n) is 17.8. The lowest BCUT2D eigenvalue weighted by Crippen LogP contribution is -2.33. The number of hydrogen-bond acceptors (Lipinski definition) is 5. The van der Waals surface area contributed by atoms with Crippen molar-refractivity contribution < 1.29 is 31.1 Å². The summed E-state index contributed by atoms with van der Waals surface area (Å²) in [6.45, 7) is 3.36. The van der Waals surface area contributed by atoms with Gasteiger partial charge in [-0.1, -0.05) is 19.9 Å². The van der Waals surface area contributed by atoms with Crippen LogP contribution in [0.1, 0.15) is 19.4 Å². The average Bonchev–Trinajstić information content (AvgIpc) is 2.69. The van der Waals surface area contributed by atoms with Crippen molar-refractivity contribution in [3.8, 4) is 5.75 Å². The molecule has 0 aliphatic heterocycles. The molecule has 1 amide bonds. The molecule has 0 saturated heterocycles. The largest absolute Gasteiger partial charge is 0.482 e. The molecule has 1 aromatic carbocycles. The Hall–Kier alpha value is -2.86. The smallest absolute Gasteiger partial charge is 0.422 e. The van der Waals surface area contributed by atoms with E-state index in [1.165, 1.54) is 16.4 Å². The molecule has 0 radical (unpaired) electrons. The zero-order chi connectivity index (χ0) is 24.1. The van der Waals surface area contributed by atoms with Crippen molar-refractivity contribution in [2.75, 3.05) is 25.0 Å². The highest BCUT2D eigenvalue weighted by Gasteiger charge is 2.29. The molecule has 0 bridgehead atoms. The number of aryl methyl sites for hydroxylation is 1. The minimum absolute atomic E-state index is 0.00943. The second kappa shape index (κ2) is 10.2. The zero-order valence-corrected chi connectivity index (χ0v) is 18.6. The summed E-state index contributed by atoms with van der Waals surface area (Å²) < 4.78 is 69.7. The van der Waals surface area contributed by atoms with Gasteiger partial charge >= 0.3 is 6.18 Å². The number of pyridine rings is 1. The fraction of sp³-hybridized carbons (Fsp3) is 0.400. The number of anilines is 1. The van der Waals surface area contributed by atoms with Crippen LogP contribution in [0.25, 0.3) is 0 Å². The number of ether oxygens (including phenoxy) is 1. The fourth-order valence-electron chi connectivity index (χ4n) is 2.85. The third-order valence-electron chi connectivity index (χ3n) is 4.42. The standard InChI is InChI=1S/C20H24F3N3O5S/c1-4-26(5-2)32(29,30)15-7-9-19(28)25(11-15)12-18(27)24-16-8-6-14(3)10-17(16)31-13-20(21,22)23/h6-11H,4-5,12-13H2,1-3H3,(H,24,27). The molecule has 1 heterocycles. The van der Waals surface area contributed by atoms with Gasteiger partial charge in [0, 0.05) is 25.4 Å². The van der Waals surface area contributed by atoms with Crippen LogP contribution in [-0.4, -0.2) is 49.1 Å². The van der Waals surface area contributed by atoms with Crippen LogP contribution in [0.15, 0.2) is 46.2 Å². The number of benzene rings is 1. The van der Waals surface area contributed by atoms with Crippen LogP contribution in [0.4, 0.5) is 18.9 Å². The van der Waals surface area contributed by atoms with E-state index in [4.69, 9.17) is 4.74 Å². The summed E-state index contributed by atoms with van der Waals surface area (Å²) in [6.07, 6.45) is -3.50. The maximum Gasteiger partial charge on any atom is 0.422 e. The van der Waals surface area contributed by atoms with Gasteiger partial charge in [0.05, 0.1) is 10.6 Å². The van der Waals surface area contributed by atoms with Crippen molar-refractivity contribution in [1.82, 2.24) is 8.87 Å². The molecule has 0 aliphatic rings. The second-order valence-corrected chi connectivity index (χ2v) is 8.81. The summed E-state index contributed by atoms with van der Waals surface area (Å²) in [5.41, 5.74) is -0.00776. The Labute approximate surface area is 183 Å². The summed E-state index contributed by atoms with van der Waals surface area (Å²) in [4.78, 5) is 24.5. The van der Waals surface area contributed by atoms with Gasteiger partial charge in [0.2, 0.25) is 15.9 Å². The molecule has 0 aliphatic carbocycles. The van der Waals surface area contributed by atoms with Gasteiger partial charge in [-0.05, 0) is 30.7 Å². The van der Waals surface area contributed by atoms with Crippen LogP contribution in [0.2, 0.25) is 0 Å².